The van der Waals surface area contributed by atoms with Gasteiger partial charge in [0.1, 0.15) is 25.0 Å². The molecule has 2 aromatic heterocycles. The Morgan fingerprint density at radius 3 is 2.31 bits per heavy atom. The zero-order valence-corrected chi connectivity index (χ0v) is 22.2. The summed E-state index contributed by atoms with van der Waals surface area (Å²) in [6, 6.07) is 14.1. The average Bonchev–Trinajstić information content (AvgIpc) is 3.52. The Balaban J connectivity index is 1.38. The number of nitrogens with one attached hydrogen (secondary N) is 1. The van der Waals surface area contributed by atoms with Crippen molar-refractivity contribution >= 4 is 40.5 Å². The highest BCUT2D eigenvalue weighted by Crippen LogP contribution is 2.34. The van der Waals surface area contributed by atoms with Gasteiger partial charge in [-0.15, -0.1) is 0 Å². The molecule has 2 aromatic carbocycles. The minimum atomic E-state index is -0.745. The number of ether oxygens (including phenoxy) is 3. The van der Waals surface area contributed by atoms with Crippen molar-refractivity contribution < 1.29 is 28.6 Å². The fourth-order valence-electron chi connectivity index (χ4n) is 4.24. The van der Waals surface area contributed by atoms with Crippen LogP contribution in [0.1, 0.15) is 44.5 Å². The zero-order valence-electron chi connectivity index (χ0n) is 21.5. The monoisotopic (exact) mass is 551 g/mol. The number of aryl methyl sites for hydroxylation is 2. The maximum absolute atomic E-state index is 13.0. The van der Waals surface area contributed by atoms with Crippen molar-refractivity contribution in [1.29, 1.82) is 0 Å². The third-order valence-corrected chi connectivity index (χ3v) is 6.46. The third-order valence-electron chi connectivity index (χ3n) is 6.30. The Morgan fingerprint density at radius 1 is 1.03 bits per heavy atom. The van der Waals surface area contributed by atoms with Crippen LogP contribution in [0.2, 0.25) is 5.28 Å². The predicted octanol–water partition coefficient (Wildman–Crippen LogP) is 4.44. The molecule has 11 nitrogen and oxygen atoms in total. The van der Waals surface area contributed by atoms with E-state index in [-0.39, 0.29) is 24.1 Å². The van der Waals surface area contributed by atoms with Crippen molar-refractivity contribution in [1.82, 2.24) is 19.5 Å². The van der Waals surface area contributed by atoms with E-state index in [9.17, 15) is 9.59 Å². The minimum Gasteiger partial charge on any atom is -0.459 e. The molecule has 202 valence electrons. The van der Waals surface area contributed by atoms with Crippen molar-refractivity contribution in [3.8, 4) is 0 Å². The number of aromatic nitrogens is 4. The van der Waals surface area contributed by atoms with Crippen LogP contribution < -0.4 is 5.48 Å². The van der Waals surface area contributed by atoms with Gasteiger partial charge in [0.2, 0.25) is 5.28 Å². The molecule has 0 radical (unpaired) electrons. The number of hydrogen-bond acceptors (Lipinski definition) is 10. The van der Waals surface area contributed by atoms with Gasteiger partial charge in [-0.2, -0.15) is 9.97 Å². The summed E-state index contributed by atoms with van der Waals surface area (Å²) in [5, 5.41) is -0.0206. The van der Waals surface area contributed by atoms with Gasteiger partial charge in [-0.1, -0.05) is 35.4 Å². The van der Waals surface area contributed by atoms with Gasteiger partial charge in [-0.3, -0.25) is 9.40 Å². The summed E-state index contributed by atoms with van der Waals surface area (Å²) in [7, 11) is 1.44. The number of rotatable bonds is 8. The molecule has 5 rings (SSSR count). The van der Waals surface area contributed by atoms with Gasteiger partial charge in [-0.25, -0.2) is 20.1 Å². The fraction of sp³-hybridized carbons (Fsp3) is 0.296. The number of fused-ring (bicyclic) bond motifs is 1. The molecule has 1 fully saturated rings. The molecule has 0 aliphatic carbocycles. The highest BCUT2D eigenvalue weighted by Gasteiger charge is 2.41. The molecule has 1 aliphatic rings. The van der Waals surface area contributed by atoms with Gasteiger partial charge in [0, 0.05) is 6.42 Å². The molecule has 3 atom stereocenters. The van der Waals surface area contributed by atoms with E-state index < -0.39 is 30.4 Å². The third kappa shape index (κ3) is 5.85. The molecule has 1 saturated heterocycles. The van der Waals surface area contributed by atoms with Crippen LogP contribution in [-0.2, 0) is 19.0 Å². The molecule has 0 amide bonds. The summed E-state index contributed by atoms with van der Waals surface area (Å²) >= 11 is 6.13. The predicted molar refractivity (Wildman–Crippen MR) is 141 cm³/mol. The molecule has 39 heavy (non-hydrogen) atoms. The summed E-state index contributed by atoms with van der Waals surface area (Å²) < 4.78 is 19.3. The van der Waals surface area contributed by atoms with E-state index >= 15 is 0 Å². The second-order valence-corrected chi connectivity index (χ2v) is 9.45. The fourth-order valence-corrected chi connectivity index (χ4v) is 4.40. The summed E-state index contributed by atoms with van der Waals surface area (Å²) in [6.45, 7) is 3.73. The van der Waals surface area contributed by atoms with Gasteiger partial charge < -0.3 is 14.2 Å². The number of carbonyl (C=O) groups is 2. The van der Waals surface area contributed by atoms with Crippen molar-refractivity contribution in [3.63, 3.8) is 0 Å². The second-order valence-electron chi connectivity index (χ2n) is 9.11. The molecule has 0 unspecified atom stereocenters. The van der Waals surface area contributed by atoms with E-state index in [1.807, 2.05) is 38.1 Å². The molecule has 0 bridgehead atoms. The molecule has 4 aromatic rings. The van der Waals surface area contributed by atoms with Crippen LogP contribution in [0.3, 0.4) is 0 Å². The summed E-state index contributed by atoms with van der Waals surface area (Å²) in [6.07, 6.45) is -0.327. The van der Waals surface area contributed by atoms with Crippen LogP contribution in [0.5, 0.6) is 0 Å². The van der Waals surface area contributed by atoms with Crippen molar-refractivity contribution in [2.24, 2.45) is 0 Å². The number of esters is 2. The molecule has 3 heterocycles. The van der Waals surface area contributed by atoms with Crippen LogP contribution in [0.4, 0.5) is 5.82 Å². The number of halogens is 1. The molecule has 12 heteroatoms. The Hall–Kier alpha value is -4.06. The number of imidazole rings is 1. The SMILES string of the molecule is CONc1nc(Cl)nc2c1ncn2[C@H]1C[C@H](OC(=O)c2ccc(C)cc2)[C@@H](COC(=O)c2ccc(C)cc2)O1. The molecule has 1 aliphatic heterocycles. The molecular formula is C27H26ClN5O6. The van der Waals surface area contributed by atoms with Crippen molar-refractivity contribution in [2.45, 2.75) is 38.7 Å². The van der Waals surface area contributed by atoms with Crippen LogP contribution in [0.15, 0.2) is 54.9 Å². The molecule has 0 saturated carbocycles. The van der Waals surface area contributed by atoms with Gasteiger partial charge in [0.15, 0.2) is 17.0 Å². The van der Waals surface area contributed by atoms with E-state index in [2.05, 4.69) is 20.4 Å². The number of carbonyl (C=O) groups excluding carboxylic acids is 2. The Bertz CT molecular complexity index is 1490. The highest BCUT2D eigenvalue weighted by atomic mass is 35.5. The quantitative estimate of drug-likeness (QED) is 0.191. The Labute approximate surface area is 229 Å². The summed E-state index contributed by atoms with van der Waals surface area (Å²) in [5.74, 6) is -0.727. The normalized spacial score (nSPS) is 18.7. The van der Waals surface area contributed by atoms with Gasteiger partial charge in [0.25, 0.3) is 0 Å². The lowest BCUT2D eigenvalue weighted by molar-refractivity contribution is -0.0563. The summed E-state index contributed by atoms with van der Waals surface area (Å²) in [4.78, 5) is 43.4. The maximum atomic E-state index is 13.0. The number of hydrogen-bond donors (Lipinski definition) is 1. The molecular weight excluding hydrogens is 526 g/mol. The number of nitrogens with zero attached hydrogens (tertiary/aromatic N) is 4. The first-order chi connectivity index (χ1) is 18.8. The molecule has 1 N–H and O–H groups in total. The zero-order chi connectivity index (χ0) is 27.5. The lowest BCUT2D eigenvalue weighted by Crippen LogP contribution is -2.32. The van der Waals surface area contributed by atoms with E-state index in [0.717, 1.165) is 11.1 Å². The standard InChI is InChI=1S/C27H26ClN5O6/c1-15-4-8-17(9-5-15)25(34)37-13-20-19(39-26(35)18-10-6-16(2)7-11-18)12-21(38-20)33-14-29-22-23(32-36-3)30-27(28)31-24(22)33/h4-11,14,19-21H,12-13H2,1-3H3,(H,30,31,32)/t19-,20+,21+/m0/s1. The van der Waals surface area contributed by atoms with Crippen LogP contribution in [0.25, 0.3) is 11.2 Å². The van der Waals surface area contributed by atoms with Crippen LogP contribution in [-0.4, -0.2) is 57.4 Å². The smallest absolute Gasteiger partial charge is 0.338 e. The van der Waals surface area contributed by atoms with Gasteiger partial charge >= 0.3 is 11.9 Å². The van der Waals surface area contributed by atoms with E-state index in [0.29, 0.717) is 22.3 Å². The largest absolute Gasteiger partial charge is 0.459 e. The number of benzene rings is 2. The van der Waals surface area contributed by atoms with Crippen molar-refractivity contribution in [3.05, 3.63) is 82.4 Å². The van der Waals surface area contributed by atoms with E-state index in [1.165, 1.54) is 13.4 Å². The lowest BCUT2D eigenvalue weighted by atomic mass is 10.1. The van der Waals surface area contributed by atoms with Gasteiger partial charge in [0.05, 0.1) is 24.6 Å². The molecule has 0 spiro atoms. The van der Waals surface area contributed by atoms with Gasteiger partial charge in [-0.05, 0) is 49.7 Å². The lowest BCUT2D eigenvalue weighted by Gasteiger charge is -2.19. The van der Waals surface area contributed by atoms with E-state index in [4.69, 9.17) is 30.6 Å². The second kappa shape index (κ2) is 11.4. The Kier molecular flexibility index (Phi) is 7.73. The first kappa shape index (κ1) is 26.5. The maximum Gasteiger partial charge on any atom is 0.338 e. The number of anilines is 1. The van der Waals surface area contributed by atoms with Crippen molar-refractivity contribution in [2.75, 3.05) is 19.2 Å². The first-order valence-corrected chi connectivity index (χ1v) is 12.6. The van der Waals surface area contributed by atoms with Crippen LogP contribution >= 0.6 is 11.6 Å². The van der Waals surface area contributed by atoms with E-state index in [1.54, 1.807) is 28.8 Å². The highest BCUT2D eigenvalue weighted by molar-refractivity contribution is 6.28. The topological polar surface area (TPSA) is 127 Å². The summed E-state index contributed by atoms with van der Waals surface area (Å²) in [5.41, 5.74) is 6.29. The van der Waals surface area contributed by atoms with Crippen LogP contribution in [0, 0.1) is 13.8 Å². The average molecular weight is 552 g/mol. The minimum absolute atomic E-state index is 0.0206. The first-order valence-electron chi connectivity index (χ1n) is 12.2. The Morgan fingerprint density at radius 2 is 1.67 bits per heavy atom.